The molecular weight excluding hydrogens is 333 g/mol. The van der Waals surface area contributed by atoms with Crippen LogP contribution < -0.4 is 4.74 Å². The van der Waals surface area contributed by atoms with E-state index in [4.69, 9.17) is 10.00 Å². The summed E-state index contributed by atoms with van der Waals surface area (Å²) in [6.45, 7) is 0.297. The first-order valence-electron chi connectivity index (χ1n) is 4.74. The largest absolute Gasteiger partial charge is 0.484 e. The highest BCUT2D eigenvalue weighted by molar-refractivity contribution is 14.1. The highest BCUT2D eigenvalue weighted by atomic mass is 127. The number of hydrogen-bond donors (Lipinski definition) is 0. The molecule has 0 saturated carbocycles. The summed E-state index contributed by atoms with van der Waals surface area (Å²) in [4.78, 5) is 0. The molecule has 1 aromatic heterocycles. The van der Waals surface area contributed by atoms with Crippen molar-refractivity contribution in [2.75, 3.05) is 0 Å². The van der Waals surface area contributed by atoms with Gasteiger partial charge in [-0.05, 0) is 51.2 Å². The minimum absolute atomic E-state index is 0.297. The van der Waals surface area contributed by atoms with Crippen molar-refractivity contribution >= 4 is 22.6 Å². The maximum atomic E-state index is 8.75. The minimum atomic E-state index is 0.297. The topological polar surface area (TPSA) is 76.6 Å². The van der Waals surface area contributed by atoms with Crippen LogP contribution in [0.1, 0.15) is 11.4 Å². The summed E-state index contributed by atoms with van der Waals surface area (Å²) >= 11 is 2.12. The zero-order valence-electron chi connectivity index (χ0n) is 8.96. The molecule has 7 heteroatoms. The molecule has 1 aromatic carbocycles. The number of nitriles is 1. The number of rotatable bonds is 3. The molecule has 1 heterocycles. The summed E-state index contributed by atoms with van der Waals surface area (Å²) in [5.41, 5.74) is 0.613. The van der Waals surface area contributed by atoms with Gasteiger partial charge in [0, 0.05) is 7.05 Å². The lowest BCUT2D eigenvalue weighted by Gasteiger charge is -2.06. The van der Waals surface area contributed by atoms with Crippen LogP contribution in [0.5, 0.6) is 5.75 Å². The Kier molecular flexibility index (Phi) is 3.53. The lowest BCUT2D eigenvalue weighted by molar-refractivity contribution is 0.287. The van der Waals surface area contributed by atoms with Crippen molar-refractivity contribution in [2.24, 2.45) is 7.05 Å². The van der Waals surface area contributed by atoms with Gasteiger partial charge >= 0.3 is 0 Å². The second-order valence-electron chi connectivity index (χ2n) is 3.26. The van der Waals surface area contributed by atoms with Crippen LogP contribution in [-0.4, -0.2) is 20.2 Å². The van der Waals surface area contributed by atoms with Crippen LogP contribution >= 0.6 is 22.6 Å². The molecule has 0 aliphatic carbocycles. The Hall–Kier alpha value is -1.69. The first-order valence-corrected chi connectivity index (χ1v) is 5.82. The van der Waals surface area contributed by atoms with Gasteiger partial charge in [0.05, 0.1) is 15.2 Å². The summed E-state index contributed by atoms with van der Waals surface area (Å²) in [5.74, 6) is 1.36. The maximum Gasteiger partial charge on any atom is 0.188 e. The Morgan fingerprint density at radius 3 is 2.94 bits per heavy atom. The molecule has 0 atom stereocenters. The van der Waals surface area contributed by atoms with Crippen LogP contribution in [0.3, 0.4) is 0 Å². The number of aromatic nitrogens is 4. The summed E-state index contributed by atoms with van der Waals surface area (Å²) in [7, 11) is 1.75. The van der Waals surface area contributed by atoms with E-state index in [1.807, 2.05) is 0 Å². The van der Waals surface area contributed by atoms with Crippen molar-refractivity contribution in [3.63, 3.8) is 0 Å². The van der Waals surface area contributed by atoms with E-state index in [2.05, 4.69) is 44.2 Å². The molecule has 0 radical (unpaired) electrons. The molecule has 0 aliphatic rings. The lowest BCUT2D eigenvalue weighted by Crippen LogP contribution is -2.05. The molecule has 2 rings (SSSR count). The van der Waals surface area contributed by atoms with E-state index < -0.39 is 0 Å². The Balaban J connectivity index is 2.10. The van der Waals surface area contributed by atoms with Gasteiger partial charge in [-0.2, -0.15) is 5.26 Å². The van der Waals surface area contributed by atoms with Gasteiger partial charge in [0.15, 0.2) is 5.82 Å². The normalized spacial score (nSPS) is 9.94. The van der Waals surface area contributed by atoms with Crippen LogP contribution in [0.25, 0.3) is 0 Å². The monoisotopic (exact) mass is 341 g/mol. The first-order chi connectivity index (χ1) is 8.20. The number of nitrogens with zero attached hydrogens (tertiary/aromatic N) is 5. The predicted molar refractivity (Wildman–Crippen MR) is 67.0 cm³/mol. The van der Waals surface area contributed by atoms with Gasteiger partial charge in [0.2, 0.25) is 0 Å². The molecule has 0 N–H and O–H groups in total. The minimum Gasteiger partial charge on any atom is -0.484 e. The first kappa shape index (κ1) is 11.8. The molecule has 0 unspecified atom stereocenters. The molecule has 86 valence electrons. The number of halogens is 1. The third-order valence-electron chi connectivity index (χ3n) is 2.13. The van der Waals surface area contributed by atoms with Crippen molar-refractivity contribution in [3.05, 3.63) is 33.2 Å². The second kappa shape index (κ2) is 5.09. The highest BCUT2D eigenvalue weighted by Gasteiger charge is 2.06. The summed E-state index contributed by atoms with van der Waals surface area (Å²) in [6.07, 6.45) is 0. The second-order valence-corrected chi connectivity index (χ2v) is 4.43. The molecule has 0 spiro atoms. The van der Waals surface area contributed by atoms with Gasteiger partial charge in [-0.3, -0.25) is 0 Å². The molecule has 2 aromatic rings. The van der Waals surface area contributed by atoms with E-state index in [1.54, 1.807) is 29.9 Å². The average Bonchev–Trinajstić information content (AvgIpc) is 2.73. The van der Waals surface area contributed by atoms with E-state index in [9.17, 15) is 0 Å². The number of hydrogen-bond acceptors (Lipinski definition) is 5. The van der Waals surface area contributed by atoms with Gasteiger partial charge in [-0.15, -0.1) is 5.10 Å². The molecule has 0 saturated heterocycles. The Morgan fingerprint density at radius 2 is 2.35 bits per heavy atom. The molecule has 0 aliphatic heterocycles. The quantitative estimate of drug-likeness (QED) is 0.786. The zero-order valence-corrected chi connectivity index (χ0v) is 11.1. The van der Waals surface area contributed by atoms with Crippen molar-refractivity contribution in [1.29, 1.82) is 5.26 Å². The van der Waals surface area contributed by atoms with E-state index in [0.717, 1.165) is 3.57 Å². The van der Waals surface area contributed by atoms with Crippen LogP contribution in [0, 0.1) is 14.9 Å². The molecule has 0 amide bonds. The maximum absolute atomic E-state index is 8.75. The number of aryl methyl sites for hydroxylation is 1. The van der Waals surface area contributed by atoms with Crippen molar-refractivity contribution in [1.82, 2.24) is 20.2 Å². The van der Waals surface area contributed by atoms with Crippen LogP contribution in [-0.2, 0) is 13.7 Å². The smallest absolute Gasteiger partial charge is 0.188 e. The molecule has 6 nitrogen and oxygen atoms in total. The van der Waals surface area contributed by atoms with Crippen LogP contribution in [0.15, 0.2) is 18.2 Å². The van der Waals surface area contributed by atoms with Crippen LogP contribution in [0.2, 0.25) is 0 Å². The predicted octanol–water partition coefficient (Wildman–Crippen LogP) is 1.27. The average molecular weight is 341 g/mol. The molecule has 17 heavy (non-hydrogen) atoms. The van der Waals surface area contributed by atoms with Gasteiger partial charge in [0.25, 0.3) is 0 Å². The summed E-state index contributed by atoms with van der Waals surface area (Å²) < 4.78 is 8.02. The SMILES string of the molecule is Cn1nnnc1COc1ccc(C#N)cc1I. The van der Waals surface area contributed by atoms with Crippen LogP contribution in [0.4, 0.5) is 0 Å². The van der Waals surface area contributed by atoms with E-state index in [-0.39, 0.29) is 0 Å². The Labute approximate surface area is 111 Å². The molecular formula is C10H8IN5O. The fourth-order valence-electron chi connectivity index (χ4n) is 1.20. The Morgan fingerprint density at radius 1 is 1.53 bits per heavy atom. The van der Waals surface area contributed by atoms with E-state index in [1.165, 1.54) is 0 Å². The summed E-state index contributed by atoms with van der Waals surface area (Å²) in [6, 6.07) is 7.33. The highest BCUT2D eigenvalue weighted by Crippen LogP contribution is 2.22. The third-order valence-corrected chi connectivity index (χ3v) is 2.97. The fourth-order valence-corrected chi connectivity index (χ4v) is 1.87. The molecule has 0 bridgehead atoms. The summed E-state index contributed by atoms with van der Waals surface area (Å²) in [5, 5.41) is 19.8. The van der Waals surface area contributed by atoms with Crippen molar-refractivity contribution in [3.8, 4) is 11.8 Å². The van der Waals surface area contributed by atoms with Gasteiger partial charge in [-0.25, -0.2) is 4.68 Å². The Bertz CT molecular complexity index is 574. The lowest BCUT2D eigenvalue weighted by atomic mass is 10.2. The van der Waals surface area contributed by atoms with Gasteiger partial charge < -0.3 is 4.74 Å². The number of tetrazole rings is 1. The van der Waals surface area contributed by atoms with Crippen molar-refractivity contribution < 1.29 is 4.74 Å². The number of benzene rings is 1. The third kappa shape index (κ3) is 2.71. The molecule has 0 fully saturated rings. The standard InChI is InChI=1S/C10H8IN5O/c1-16-10(13-14-15-16)6-17-9-3-2-7(5-12)4-8(9)11/h2-4H,6H2,1H3. The fraction of sp³-hybridized carbons (Fsp3) is 0.200. The zero-order chi connectivity index (χ0) is 12.3. The van der Waals surface area contributed by atoms with Crippen molar-refractivity contribution in [2.45, 2.75) is 6.61 Å². The van der Waals surface area contributed by atoms with Gasteiger partial charge in [0.1, 0.15) is 12.4 Å². The van der Waals surface area contributed by atoms with E-state index in [0.29, 0.717) is 23.7 Å². The van der Waals surface area contributed by atoms with E-state index >= 15 is 0 Å². The van der Waals surface area contributed by atoms with Gasteiger partial charge in [-0.1, -0.05) is 0 Å². The number of ether oxygens (including phenoxy) is 1.